The Hall–Kier alpha value is -3.61. The molecule has 4 heterocycles. The van der Waals surface area contributed by atoms with Crippen molar-refractivity contribution in [1.82, 2.24) is 19.9 Å². The van der Waals surface area contributed by atoms with Crippen LogP contribution in [0.2, 0.25) is 0 Å². The number of rotatable bonds is 1. The summed E-state index contributed by atoms with van der Waals surface area (Å²) in [4.78, 5) is 4.37. The van der Waals surface area contributed by atoms with Crippen molar-refractivity contribution in [3.8, 4) is 28.1 Å². The number of nitrogen functional groups attached to an aromatic ring is 1. The first kappa shape index (κ1) is 18.4. The van der Waals surface area contributed by atoms with Crippen molar-refractivity contribution in [3.05, 3.63) is 64.8 Å². The lowest BCUT2D eigenvalue weighted by molar-refractivity contribution is 0.307. The van der Waals surface area contributed by atoms with Gasteiger partial charge in [0.15, 0.2) is 11.6 Å². The maximum atomic E-state index is 6.15. The molecule has 7 heteroatoms. The molecule has 1 aliphatic rings. The quantitative estimate of drug-likeness (QED) is 0.517. The van der Waals surface area contributed by atoms with E-state index in [2.05, 4.69) is 42.2 Å². The number of anilines is 1. The zero-order valence-electron chi connectivity index (χ0n) is 17.3. The highest BCUT2D eigenvalue weighted by Gasteiger charge is 2.23. The Balaban J connectivity index is 1.78. The van der Waals surface area contributed by atoms with Crippen LogP contribution in [-0.4, -0.2) is 19.9 Å². The molecule has 1 aromatic carbocycles. The van der Waals surface area contributed by atoms with Crippen molar-refractivity contribution in [2.45, 2.75) is 33.3 Å². The molecule has 3 aromatic heterocycles. The van der Waals surface area contributed by atoms with Gasteiger partial charge in [0, 0.05) is 48.1 Å². The molecule has 0 atom stereocenters. The van der Waals surface area contributed by atoms with Crippen molar-refractivity contribution < 1.29 is 9.26 Å². The molecule has 0 spiro atoms. The van der Waals surface area contributed by atoms with Gasteiger partial charge in [-0.15, -0.1) is 0 Å². The summed E-state index contributed by atoms with van der Waals surface area (Å²) in [6.45, 7) is 4.50. The van der Waals surface area contributed by atoms with Gasteiger partial charge in [0.1, 0.15) is 12.4 Å². The second-order valence-electron chi connectivity index (χ2n) is 7.69. The molecule has 5 rings (SSSR count). The average molecular weight is 401 g/mol. The van der Waals surface area contributed by atoms with Crippen LogP contribution in [0.15, 0.2) is 41.2 Å². The fourth-order valence-electron chi connectivity index (χ4n) is 4.05. The van der Waals surface area contributed by atoms with Crippen molar-refractivity contribution >= 4 is 5.82 Å². The third-order valence-electron chi connectivity index (χ3n) is 5.49. The number of hydrogen-bond donors (Lipinski definition) is 1. The first-order valence-corrected chi connectivity index (χ1v) is 10.0. The molecule has 0 radical (unpaired) electrons. The van der Waals surface area contributed by atoms with Crippen LogP contribution in [-0.2, 0) is 26.5 Å². The van der Waals surface area contributed by atoms with E-state index in [1.807, 2.05) is 24.0 Å². The number of aryl methyl sites for hydroxylation is 3. The Kier molecular flexibility index (Phi) is 4.31. The van der Waals surface area contributed by atoms with Crippen LogP contribution >= 0.6 is 0 Å². The van der Waals surface area contributed by atoms with Gasteiger partial charge in [0.25, 0.3) is 0 Å². The number of benzene rings is 1. The zero-order valence-corrected chi connectivity index (χ0v) is 17.3. The highest BCUT2D eigenvalue weighted by atomic mass is 16.5. The predicted molar refractivity (Wildman–Crippen MR) is 114 cm³/mol. The normalized spacial score (nSPS) is 12.8. The topological polar surface area (TPSA) is 92.0 Å². The minimum Gasteiger partial charge on any atom is -0.485 e. The van der Waals surface area contributed by atoms with Gasteiger partial charge in [-0.1, -0.05) is 35.8 Å². The van der Waals surface area contributed by atoms with Crippen molar-refractivity contribution in [1.29, 1.82) is 0 Å². The van der Waals surface area contributed by atoms with Gasteiger partial charge in [0.05, 0.1) is 11.4 Å². The van der Waals surface area contributed by atoms with E-state index in [9.17, 15) is 0 Å². The van der Waals surface area contributed by atoms with Gasteiger partial charge in [-0.3, -0.25) is 4.68 Å². The minimum absolute atomic E-state index is 0.361. The number of nitrogens with zero attached hydrogens (tertiary/aromatic N) is 4. The molecule has 4 aromatic rings. The summed E-state index contributed by atoms with van der Waals surface area (Å²) in [5.41, 5.74) is 14.1. The van der Waals surface area contributed by atoms with E-state index >= 15 is 0 Å². The molecule has 7 nitrogen and oxygen atoms in total. The van der Waals surface area contributed by atoms with Crippen LogP contribution in [0.1, 0.15) is 35.1 Å². The zero-order chi connectivity index (χ0) is 20.8. The predicted octanol–water partition coefficient (Wildman–Crippen LogP) is 4.07. The van der Waals surface area contributed by atoms with E-state index in [0.717, 1.165) is 56.9 Å². The molecule has 1 aliphatic heterocycles. The third-order valence-corrected chi connectivity index (χ3v) is 5.49. The van der Waals surface area contributed by atoms with E-state index in [1.54, 1.807) is 6.20 Å². The maximum Gasteiger partial charge on any atom is 0.166 e. The van der Waals surface area contributed by atoms with Crippen LogP contribution in [0.25, 0.3) is 22.4 Å². The summed E-state index contributed by atoms with van der Waals surface area (Å²) >= 11 is 0. The summed E-state index contributed by atoms with van der Waals surface area (Å²) in [5, 5.41) is 9.08. The summed E-state index contributed by atoms with van der Waals surface area (Å²) in [6.07, 6.45) is 5.13. The summed E-state index contributed by atoms with van der Waals surface area (Å²) in [5.74, 6) is 1.70. The number of nitrogens with two attached hydrogens (primary N) is 1. The Labute approximate surface area is 174 Å². The van der Waals surface area contributed by atoms with Gasteiger partial charge < -0.3 is 15.0 Å². The van der Waals surface area contributed by atoms with Crippen LogP contribution in [0.4, 0.5) is 5.82 Å². The number of fused-ring (bicyclic) bond motifs is 7. The van der Waals surface area contributed by atoms with Gasteiger partial charge >= 0.3 is 0 Å². The van der Waals surface area contributed by atoms with E-state index in [1.165, 1.54) is 0 Å². The highest BCUT2D eigenvalue weighted by Crippen LogP contribution is 2.37. The van der Waals surface area contributed by atoms with Crippen molar-refractivity contribution in [2.24, 2.45) is 7.05 Å². The minimum atomic E-state index is 0.361. The second-order valence-corrected chi connectivity index (χ2v) is 7.69. The third kappa shape index (κ3) is 3.03. The van der Waals surface area contributed by atoms with Crippen molar-refractivity contribution in [2.75, 3.05) is 5.73 Å². The summed E-state index contributed by atoms with van der Waals surface area (Å²) in [7, 11) is 1.93. The molecule has 152 valence electrons. The molecule has 0 amide bonds. The molecule has 0 fully saturated rings. The number of ether oxygens (including phenoxy) is 1. The van der Waals surface area contributed by atoms with Gasteiger partial charge in [-0.2, -0.15) is 5.10 Å². The largest absolute Gasteiger partial charge is 0.485 e. The maximum absolute atomic E-state index is 6.15. The SMILES string of the molecule is CCc1noc2c1-c1cnc(N)c(c1)OCc1cc(C)ccc1-c1nn(C)cc1C2. The van der Waals surface area contributed by atoms with Crippen LogP contribution in [0.5, 0.6) is 5.75 Å². The first-order valence-electron chi connectivity index (χ1n) is 10.0. The fraction of sp³-hybridized carbons (Fsp3) is 0.261. The van der Waals surface area contributed by atoms with Gasteiger partial charge in [0.2, 0.25) is 0 Å². The molecular weight excluding hydrogens is 378 g/mol. The first-order chi connectivity index (χ1) is 14.5. The monoisotopic (exact) mass is 401 g/mol. The van der Waals surface area contributed by atoms with E-state index in [0.29, 0.717) is 24.6 Å². The Morgan fingerprint density at radius 1 is 1.20 bits per heavy atom. The molecule has 2 N–H and O–H groups in total. The average Bonchev–Trinajstić information content (AvgIpc) is 3.30. The molecule has 0 unspecified atom stereocenters. The standard InChI is InChI=1S/C23H23N5O2/c1-4-18-21-14-8-20(23(24)25-10-14)29-12-16-7-13(2)5-6-17(16)22-15(11-28(3)26-22)9-19(21)30-27-18/h5-8,10-11H,4,9,12H2,1-3H3,(H2,24,25). The van der Waals surface area contributed by atoms with Crippen LogP contribution in [0.3, 0.4) is 0 Å². The Bertz CT molecular complexity index is 1250. The molecule has 2 bridgehead atoms. The number of pyridine rings is 1. The molecule has 0 saturated heterocycles. The van der Waals surface area contributed by atoms with Gasteiger partial charge in [-0.25, -0.2) is 4.98 Å². The smallest absolute Gasteiger partial charge is 0.166 e. The Morgan fingerprint density at radius 3 is 2.90 bits per heavy atom. The molecule has 0 aliphatic carbocycles. The number of aromatic nitrogens is 4. The highest BCUT2D eigenvalue weighted by molar-refractivity contribution is 5.73. The van der Waals surface area contributed by atoms with Gasteiger partial charge in [-0.05, 0) is 25.0 Å². The molecule has 30 heavy (non-hydrogen) atoms. The van der Waals surface area contributed by atoms with E-state index in [4.69, 9.17) is 20.1 Å². The second kappa shape index (κ2) is 7.02. The summed E-state index contributed by atoms with van der Waals surface area (Å²) < 4.78 is 13.8. The Morgan fingerprint density at radius 2 is 2.07 bits per heavy atom. The summed E-state index contributed by atoms with van der Waals surface area (Å²) in [6, 6.07) is 8.25. The number of hydrogen-bond acceptors (Lipinski definition) is 6. The van der Waals surface area contributed by atoms with Crippen LogP contribution in [0, 0.1) is 6.92 Å². The van der Waals surface area contributed by atoms with E-state index < -0.39 is 0 Å². The molecule has 0 saturated carbocycles. The fourth-order valence-corrected chi connectivity index (χ4v) is 4.05. The lowest BCUT2D eigenvalue weighted by Gasteiger charge is -2.15. The lowest BCUT2D eigenvalue weighted by Crippen LogP contribution is -2.05. The van der Waals surface area contributed by atoms with Crippen molar-refractivity contribution in [3.63, 3.8) is 0 Å². The molecular formula is C23H23N5O2. The van der Waals surface area contributed by atoms with E-state index in [-0.39, 0.29) is 0 Å². The lowest BCUT2D eigenvalue weighted by atomic mass is 9.95. The van der Waals surface area contributed by atoms with Crippen LogP contribution < -0.4 is 10.5 Å².